The van der Waals surface area contributed by atoms with Gasteiger partial charge in [-0.2, -0.15) is 10.2 Å². The van der Waals surface area contributed by atoms with Gasteiger partial charge in [-0.3, -0.25) is 14.8 Å². The summed E-state index contributed by atoms with van der Waals surface area (Å²) in [6.45, 7) is 4.14. The molecule has 10 heteroatoms. The van der Waals surface area contributed by atoms with Crippen LogP contribution in [0.5, 0.6) is 0 Å². The van der Waals surface area contributed by atoms with Crippen molar-refractivity contribution in [3.05, 3.63) is 47.3 Å². The van der Waals surface area contributed by atoms with Gasteiger partial charge >= 0.3 is 0 Å². The summed E-state index contributed by atoms with van der Waals surface area (Å²) in [6.07, 6.45) is 16.4. The van der Waals surface area contributed by atoms with Gasteiger partial charge in [0.15, 0.2) is 5.65 Å². The fourth-order valence-corrected chi connectivity index (χ4v) is 6.42. The molecule has 0 bridgehead atoms. The summed E-state index contributed by atoms with van der Waals surface area (Å²) in [7, 11) is 0. The molecule has 2 aliphatic rings. The number of thiophene rings is 1. The number of rotatable bonds is 6. The molecule has 1 amide bonds. The average molecular weight is 506 g/mol. The van der Waals surface area contributed by atoms with Crippen molar-refractivity contribution < 1.29 is 9.53 Å². The minimum absolute atomic E-state index is 0.00481. The number of carbonyl (C=O) groups excluding carboxylic acids is 1. The maximum absolute atomic E-state index is 13.2. The topological polar surface area (TPSA) is 100 Å². The zero-order valence-corrected chi connectivity index (χ0v) is 21.1. The maximum Gasteiger partial charge on any atom is 0.261 e. The Bertz CT molecular complexity index is 1320. The van der Waals surface area contributed by atoms with Gasteiger partial charge in [0.25, 0.3) is 5.91 Å². The van der Waals surface area contributed by atoms with E-state index in [9.17, 15) is 4.79 Å². The van der Waals surface area contributed by atoms with Crippen LogP contribution in [-0.2, 0) is 4.74 Å². The SMILES string of the molecule is O=C(NCC1(N2CCOCC2)CCCCCC1)c1cc(-c2cnn3cc(-c4cn[nH]c4)cnc23)cs1. The number of hydrogen-bond acceptors (Lipinski definition) is 7. The lowest BCUT2D eigenvalue weighted by Gasteiger charge is -2.45. The molecule has 4 aromatic rings. The Morgan fingerprint density at radius 2 is 1.92 bits per heavy atom. The number of morpholine rings is 1. The first-order valence-corrected chi connectivity index (χ1v) is 13.6. The number of ether oxygens (including phenoxy) is 1. The first-order chi connectivity index (χ1) is 17.7. The van der Waals surface area contributed by atoms with Crippen molar-refractivity contribution >= 4 is 22.9 Å². The van der Waals surface area contributed by atoms with E-state index >= 15 is 0 Å². The lowest BCUT2D eigenvalue weighted by molar-refractivity contribution is -0.0281. The average Bonchev–Trinajstić information content (AvgIpc) is 3.67. The highest BCUT2D eigenvalue weighted by Crippen LogP contribution is 2.34. The Morgan fingerprint density at radius 1 is 1.08 bits per heavy atom. The lowest BCUT2D eigenvalue weighted by Crippen LogP contribution is -2.58. The van der Waals surface area contributed by atoms with E-state index in [1.165, 1.54) is 37.0 Å². The van der Waals surface area contributed by atoms with Crippen LogP contribution in [0, 0.1) is 0 Å². The van der Waals surface area contributed by atoms with E-state index < -0.39 is 0 Å². The highest BCUT2D eigenvalue weighted by Gasteiger charge is 2.38. The normalized spacial score (nSPS) is 18.8. The first kappa shape index (κ1) is 23.3. The third kappa shape index (κ3) is 4.56. The van der Waals surface area contributed by atoms with Gasteiger partial charge in [-0.1, -0.05) is 25.7 Å². The lowest BCUT2D eigenvalue weighted by atomic mass is 9.87. The van der Waals surface area contributed by atoms with E-state index in [0.29, 0.717) is 11.4 Å². The first-order valence-electron chi connectivity index (χ1n) is 12.7. The summed E-state index contributed by atoms with van der Waals surface area (Å²) in [5.41, 5.74) is 4.56. The van der Waals surface area contributed by atoms with Gasteiger partial charge in [-0.25, -0.2) is 9.50 Å². The molecule has 0 unspecified atom stereocenters. The van der Waals surface area contributed by atoms with Crippen LogP contribution in [0.1, 0.15) is 48.2 Å². The highest BCUT2D eigenvalue weighted by atomic mass is 32.1. The smallest absolute Gasteiger partial charge is 0.261 e. The molecule has 188 valence electrons. The van der Waals surface area contributed by atoms with Crippen molar-refractivity contribution in [1.82, 2.24) is 35.0 Å². The zero-order chi connectivity index (χ0) is 24.4. The van der Waals surface area contributed by atoms with Crippen LogP contribution in [0.3, 0.4) is 0 Å². The molecule has 9 nitrogen and oxygen atoms in total. The third-order valence-electron chi connectivity index (χ3n) is 7.62. The largest absolute Gasteiger partial charge is 0.379 e. The van der Waals surface area contributed by atoms with Crippen molar-refractivity contribution in [2.75, 3.05) is 32.8 Å². The van der Waals surface area contributed by atoms with Gasteiger partial charge in [0.2, 0.25) is 0 Å². The molecule has 0 atom stereocenters. The second-order valence-electron chi connectivity index (χ2n) is 9.78. The Morgan fingerprint density at radius 3 is 2.69 bits per heavy atom. The standard InChI is InChI=1S/C26H31N7O2S/c34-25(28-18-26(5-3-1-2-4-6-26)32-7-9-35-10-8-32)23-11-19(17-36-23)22-15-31-33-16-21(12-27-24(22)33)20-13-29-30-14-20/h11-17H,1-10,18H2,(H,28,34)(H,29,30). The van der Waals surface area contributed by atoms with E-state index in [1.54, 1.807) is 10.7 Å². The van der Waals surface area contributed by atoms with Gasteiger partial charge < -0.3 is 10.1 Å². The van der Waals surface area contributed by atoms with E-state index in [2.05, 4.69) is 30.5 Å². The summed E-state index contributed by atoms with van der Waals surface area (Å²) >= 11 is 1.47. The molecule has 2 N–H and O–H groups in total. The fraction of sp³-hybridized carbons (Fsp3) is 0.462. The zero-order valence-electron chi connectivity index (χ0n) is 20.3. The monoisotopic (exact) mass is 505 g/mol. The van der Waals surface area contributed by atoms with Crippen LogP contribution in [-0.4, -0.2) is 74.0 Å². The molecule has 2 fully saturated rings. The van der Waals surface area contributed by atoms with Crippen molar-refractivity contribution in [2.45, 2.75) is 44.1 Å². The molecule has 36 heavy (non-hydrogen) atoms. The molecular formula is C26H31N7O2S. The summed E-state index contributed by atoms with van der Waals surface area (Å²) < 4.78 is 7.38. The second-order valence-corrected chi connectivity index (χ2v) is 10.7. The fourth-order valence-electron chi connectivity index (χ4n) is 5.59. The molecule has 4 aromatic heterocycles. The number of aromatic amines is 1. The van der Waals surface area contributed by atoms with E-state index in [1.807, 2.05) is 36.2 Å². The minimum Gasteiger partial charge on any atom is -0.379 e. The van der Waals surface area contributed by atoms with Crippen molar-refractivity contribution in [3.63, 3.8) is 0 Å². The molecule has 0 aromatic carbocycles. The van der Waals surface area contributed by atoms with Gasteiger partial charge in [0.1, 0.15) is 0 Å². The van der Waals surface area contributed by atoms with Crippen LogP contribution in [0.25, 0.3) is 27.9 Å². The van der Waals surface area contributed by atoms with Crippen LogP contribution in [0.2, 0.25) is 0 Å². The summed E-state index contributed by atoms with van der Waals surface area (Å²) in [5, 5.41) is 16.6. The number of amides is 1. The molecule has 1 saturated carbocycles. The Labute approximate surface area is 213 Å². The molecule has 1 aliphatic heterocycles. The van der Waals surface area contributed by atoms with Crippen LogP contribution in [0.15, 0.2) is 42.4 Å². The molecule has 6 rings (SSSR count). The molecule has 1 aliphatic carbocycles. The molecule has 1 saturated heterocycles. The van der Waals surface area contributed by atoms with E-state index in [0.717, 1.165) is 67.0 Å². The van der Waals surface area contributed by atoms with Crippen molar-refractivity contribution in [2.24, 2.45) is 0 Å². The van der Waals surface area contributed by atoms with Gasteiger partial charge in [-0.05, 0) is 29.9 Å². The van der Waals surface area contributed by atoms with Crippen LogP contribution in [0.4, 0.5) is 0 Å². The number of nitrogens with one attached hydrogen (secondary N) is 2. The van der Waals surface area contributed by atoms with E-state index in [4.69, 9.17) is 4.74 Å². The third-order valence-corrected chi connectivity index (χ3v) is 8.55. The molecule has 0 radical (unpaired) electrons. The minimum atomic E-state index is -0.00481. The number of hydrogen-bond donors (Lipinski definition) is 2. The predicted molar refractivity (Wildman–Crippen MR) is 139 cm³/mol. The van der Waals surface area contributed by atoms with Gasteiger partial charge in [0, 0.05) is 60.5 Å². The van der Waals surface area contributed by atoms with Crippen LogP contribution >= 0.6 is 11.3 Å². The molecule has 5 heterocycles. The number of H-pyrrole nitrogens is 1. The Kier molecular flexibility index (Phi) is 6.56. The maximum atomic E-state index is 13.2. The number of carbonyl (C=O) groups is 1. The highest BCUT2D eigenvalue weighted by molar-refractivity contribution is 7.12. The van der Waals surface area contributed by atoms with Gasteiger partial charge in [-0.15, -0.1) is 11.3 Å². The van der Waals surface area contributed by atoms with Crippen LogP contribution < -0.4 is 5.32 Å². The summed E-state index contributed by atoms with van der Waals surface area (Å²) in [6, 6.07) is 1.96. The summed E-state index contributed by atoms with van der Waals surface area (Å²) in [5.74, 6) is -0.00481. The van der Waals surface area contributed by atoms with E-state index in [-0.39, 0.29) is 11.4 Å². The van der Waals surface area contributed by atoms with Gasteiger partial charge in [0.05, 0.1) is 30.5 Å². The number of aromatic nitrogens is 5. The number of nitrogens with zero attached hydrogens (tertiary/aromatic N) is 5. The quantitative estimate of drug-likeness (QED) is 0.384. The second kappa shape index (κ2) is 10.1. The Balaban J connectivity index is 1.18. The predicted octanol–water partition coefficient (Wildman–Crippen LogP) is 4.00. The Hall–Kier alpha value is -3.08. The molecule has 0 spiro atoms. The molecular weight excluding hydrogens is 474 g/mol. The van der Waals surface area contributed by atoms with Crippen molar-refractivity contribution in [3.8, 4) is 22.3 Å². The van der Waals surface area contributed by atoms with Crippen molar-refractivity contribution in [1.29, 1.82) is 0 Å². The summed E-state index contributed by atoms with van der Waals surface area (Å²) in [4.78, 5) is 21.2. The number of fused-ring (bicyclic) bond motifs is 1.